The van der Waals surface area contributed by atoms with Gasteiger partial charge in [-0.2, -0.15) is 0 Å². The van der Waals surface area contributed by atoms with E-state index in [1.807, 2.05) is 36.4 Å². The van der Waals surface area contributed by atoms with Crippen LogP contribution in [0.25, 0.3) is 0 Å². The Morgan fingerprint density at radius 1 is 0.556 bits per heavy atom. The minimum Gasteiger partial charge on any atom is -0.285 e. The second-order valence-corrected chi connectivity index (χ2v) is 5.58. The molecule has 4 heterocycles. The van der Waals surface area contributed by atoms with Crippen molar-refractivity contribution in [1.29, 1.82) is 0 Å². The molecule has 0 aliphatic rings. The summed E-state index contributed by atoms with van der Waals surface area (Å²) >= 11 is 0. The van der Waals surface area contributed by atoms with Gasteiger partial charge in [-0.3, -0.25) is 24.7 Å². The Kier molecular flexibility index (Phi) is 6.48. The summed E-state index contributed by atoms with van der Waals surface area (Å²) < 4.78 is 0. The molecular weight excluding hydrogens is 336 g/mol. The van der Waals surface area contributed by atoms with Crippen LogP contribution in [0.15, 0.2) is 97.6 Å². The average molecular weight is 354 g/mol. The molecule has 0 aliphatic heterocycles. The van der Waals surface area contributed by atoms with Crippen molar-refractivity contribution >= 4 is 5.78 Å². The van der Waals surface area contributed by atoms with Gasteiger partial charge in [0.05, 0.1) is 0 Å². The highest BCUT2D eigenvalue weighted by Crippen LogP contribution is 2.03. The van der Waals surface area contributed by atoms with Crippen molar-refractivity contribution in [3.8, 4) is 0 Å². The molecule has 4 rings (SSSR count). The number of carbonyl (C=O) groups excluding carboxylic acids is 1. The molecule has 0 radical (unpaired) electrons. The van der Waals surface area contributed by atoms with Gasteiger partial charge in [-0.1, -0.05) is 24.3 Å². The van der Waals surface area contributed by atoms with Crippen molar-refractivity contribution in [3.05, 3.63) is 120 Å². The van der Waals surface area contributed by atoms with E-state index in [0.717, 1.165) is 17.8 Å². The van der Waals surface area contributed by atoms with E-state index >= 15 is 0 Å². The molecule has 0 spiro atoms. The van der Waals surface area contributed by atoms with Crippen LogP contribution in [0.3, 0.4) is 0 Å². The molecule has 0 bridgehead atoms. The summed E-state index contributed by atoms with van der Waals surface area (Å²) in [7, 11) is 0. The van der Waals surface area contributed by atoms with Crippen molar-refractivity contribution in [2.45, 2.75) is 6.42 Å². The maximum Gasteiger partial charge on any atom is 0.229 e. The highest BCUT2D eigenvalue weighted by Gasteiger charge is 2.09. The van der Waals surface area contributed by atoms with Gasteiger partial charge in [-0.15, -0.1) is 0 Å². The lowest BCUT2D eigenvalue weighted by Crippen LogP contribution is -2.05. The fourth-order valence-electron chi connectivity index (χ4n) is 2.32. The minimum absolute atomic E-state index is 0.147. The predicted octanol–water partition coefficient (Wildman–Crippen LogP) is 3.78. The van der Waals surface area contributed by atoms with E-state index in [4.69, 9.17) is 0 Å². The first-order valence-corrected chi connectivity index (χ1v) is 8.49. The molecule has 132 valence electrons. The molecule has 0 fully saturated rings. The van der Waals surface area contributed by atoms with E-state index in [-0.39, 0.29) is 5.78 Å². The first-order valence-electron chi connectivity index (χ1n) is 8.49. The Labute approximate surface area is 157 Å². The third kappa shape index (κ3) is 5.64. The van der Waals surface area contributed by atoms with Gasteiger partial charge in [0.2, 0.25) is 5.78 Å². The Bertz CT molecular complexity index is 867. The van der Waals surface area contributed by atoms with Crippen molar-refractivity contribution in [2.24, 2.45) is 0 Å². The summed E-state index contributed by atoms with van der Waals surface area (Å²) in [5.41, 5.74) is 2.96. The van der Waals surface area contributed by atoms with Gasteiger partial charge in [-0.25, -0.2) is 0 Å². The quantitative estimate of drug-likeness (QED) is 0.522. The summed E-state index contributed by atoms with van der Waals surface area (Å²) in [6.45, 7) is 0. The molecule has 0 N–H and O–H groups in total. The molecule has 0 amide bonds. The lowest BCUT2D eigenvalue weighted by atomic mass is 10.2. The normalized spacial score (nSPS) is 9.78. The van der Waals surface area contributed by atoms with E-state index in [1.165, 1.54) is 0 Å². The summed E-state index contributed by atoms with van der Waals surface area (Å²) in [5.74, 6) is -0.147. The summed E-state index contributed by atoms with van der Waals surface area (Å²) in [6, 6.07) is 22.3. The Morgan fingerprint density at radius 3 is 1.30 bits per heavy atom. The third-order valence-corrected chi connectivity index (χ3v) is 3.61. The van der Waals surface area contributed by atoms with Crippen molar-refractivity contribution in [2.75, 3.05) is 0 Å². The van der Waals surface area contributed by atoms with E-state index in [1.54, 1.807) is 61.2 Å². The summed E-state index contributed by atoms with van der Waals surface area (Å²) in [4.78, 5) is 28.1. The zero-order valence-electron chi connectivity index (χ0n) is 14.6. The van der Waals surface area contributed by atoms with Crippen LogP contribution in [-0.4, -0.2) is 25.7 Å². The van der Waals surface area contributed by atoms with Crippen LogP contribution in [0.5, 0.6) is 0 Å². The topological polar surface area (TPSA) is 68.6 Å². The number of ketones is 1. The third-order valence-electron chi connectivity index (χ3n) is 3.61. The smallest absolute Gasteiger partial charge is 0.229 e. The molecule has 0 atom stereocenters. The van der Waals surface area contributed by atoms with Crippen molar-refractivity contribution < 1.29 is 4.79 Å². The van der Waals surface area contributed by atoms with E-state index in [0.29, 0.717) is 11.4 Å². The van der Waals surface area contributed by atoms with Gasteiger partial charge in [0, 0.05) is 42.6 Å². The Balaban J connectivity index is 0.000000156. The molecule has 5 heteroatoms. The van der Waals surface area contributed by atoms with E-state index in [2.05, 4.69) is 19.9 Å². The molecule has 0 aromatic carbocycles. The maximum atomic E-state index is 11.7. The number of carbonyl (C=O) groups is 1. The monoisotopic (exact) mass is 354 g/mol. The number of rotatable bonds is 4. The Hall–Kier alpha value is -3.73. The van der Waals surface area contributed by atoms with Gasteiger partial charge in [0.1, 0.15) is 11.4 Å². The average Bonchev–Trinajstić information content (AvgIpc) is 2.76. The van der Waals surface area contributed by atoms with Gasteiger partial charge in [0.15, 0.2) is 0 Å². The second kappa shape index (κ2) is 9.68. The zero-order chi connectivity index (χ0) is 18.7. The molecular formula is C22H18N4O. The number of nitrogens with zero attached hydrogens (tertiary/aromatic N) is 4. The van der Waals surface area contributed by atoms with Crippen LogP contribution in [0.1, 0.15) is 27.6 Å². The second-order valence-electron chi connectivity index (χ2n) is 5.58. The van der Waals surface area contributed by atoms with Crippen molar-refractivity contribution in [1.82, 2.24) is 19.9 Å². The molecule has 4 aromatic heterocycles. The zero-order valence-corrected chi connectivity index (χ0v) is 14.6. The molecule has 0 saturated carbocycles. The summed E-state index contributed by atoms with van der Waals surface area (Å²) in [6.07, 6.45) is 7.60. The molecule has 27 heavy (non-hydrogen) atoms. The highest BCUT2D eigenvalue weighted by molar-refractivity contribution is 6.06. The van der Waals surface area contributed by atoms with Gasteiger partial charge >= 0.3 is 0 Å². The van der Waals surface area contributed by atoms with E-state index < -0.39 is 0 Å². The Morgan fingerprint density at radius 2 is 0.963 bits per heavy atom. The minimum atomic E-state index is -0.147. The van der Waals surface area contributed by atoms with E-state index in [9.17, 15) is 4.79 Å². The number of aromatic nitrogens is 4. The summed E-state index contributed by atoms with van der Waals surface area (Å²) in [5, 5.41) is 0. The fourth-order valence-corrected chi connectivity index (χ4v) is 2.32. The van der Waals surface area contributed by atoms with Crippen LogP contribution in [0.4, 0.5) is 0 Å². The maximum absolute atomic E-state index is 11.7. The number of hydrogen-bond donors (Lipinski definition) is 0. The molecule has 4 aromatic rings. The van der Waals surface area contributed by atoms with Crippen LogP contribution in [-0.2, 0) is 6.42 Å². The largest absolute Gasteiger partial charge is 0.285 e. The number of hydrogen-bond acceptors (Lipinski definition) is 5. The molecule has 0 unspecified atom stereocenters. The van der Waals surface area contributed by atoms with Crippen molar-refractivity contribution in [3.63, 3.8) is 0 Å². The number of pyridine rings is 4. The van der Waals surface area contributed by atoms with Crippen LogP contribution in [0.2, 0.25) is 0 Å². The fraction of sp³-hybridized carbons (Fsp3) is 0.0455. The van der Waals surface area contributed by atoms with Crippen LogP contribution in [0, 0.1) is 0 Å². The molecule has 5 nitrogen and oxygen atoms in total. The molecule has 0 aliphatic carbocycles. The lowest BCUT2D eigenvalue weighted by Gasteiger charge is -1.98. The highest BCUT2D eigenvalue weighted by atomic mass is 16.1. The first-order chi connectivity index (χ1) is 13.3. The van der Waals surface area contributed by atoms with Gasteiger partial charge in [0.25, 0.3) is 0 Å². The standard InChI is InChI=1S/C11H8N2O.C11H10N2/c14-11(9-5-1-3-7-12-9)10-6-2-4-8-13-10;1-3-7-12-10(5-1)9-11-6-2-4-8-13-11/h1-8H;1-8H,9H2. The predicted molar refractivity (Wildman–Crippen MR) is 103 cm³/mol. The first kappa shape index (κ1) is 18.1. The van der Waals surface area contributed by atoms with Crippen LogP contribution >= 0.6 is 0 Å². The lowest BCUT2D eigenvalue weighted by molar-refractivity contribution is 0.103. The van der Waals surface area contributed by atoms with Crippen LogP contribution < -0.4 is 0 Å². The molecule has 0 saturated heterocycles. The van der Waals surface area contributed by atoms with Gasteiger partial charge in [-0.05, 0) is 48.5 Å². The SMILES string of the molecule is O=C(c1ccccn1)c1ccccn1.c1ccc(Cc2ccccn2)nc1. The van der Waals surface area contributed by atoms with Gasteiger partial charge < -0.3 is 0 Å².